The van der Waals surface area contributed by atoms with E-state index in [0.717, 1.165) is 23.6 Å². The molecule has 8 nitrogen and oxygen atoms in total. The molecule has 4 rings (SSSR count). The number of amides is 1. The standard InChI is InChI=1S/C17H14N6O2/c1-19-15-12-6-20-14(23-16(24)9-2-3-9)4-11(12)13(7-21-15)17-22-10(5-18)8-25-17/h4,6-9H,2-3H2,1H3,(H,19,21)(H,20,23,24). The van der Waals surface area contributed by atoms with E-state index in [1.54, 1.807) is 25.5 Å². The van der Waals surface area contributed by atoms with E-state index in [-0.39, 0.29) is 17.5 Å². The molecule has 25 heavy (non-hydrogen) atoms. The summed E-state index contributed by atoms with van der Waals surface area (Å²) in [7, 11) is 1.77. The first-order valence-corrected chi connectivity index (χ1v) is 7.83. The van der Waals surface area contributed by atoms with E-state index in [1.807, 2.05) is 6.07 Å². The highest BCUT2D eigenvalue weighted by molar-refractivity contribution is 6.02. The van der Waals surface area contributed by atoms with Gasteiger partial charge in [0.25, 0.3) is 0 Å². The highest BCUT2D eigenvalue weighted by Gasteiger charge is 2.29. The number of carbonyl (C=O) groups excluding carboxylic acids is 1. The van der Waals surface area contributed by atoms with Crippen LogP contribution in [0.25, 0.3) is 22.2 Å². The fraction of sp³-hybridized carbons (Fsp3) is 0.235. The zero-order valence-electron chi connectivity index (χ0n) is 13.4. The maximum absolute atomic E-state index is 12.0. The number of carbonyl (C=O) groups is 1. The molecule has 0 saturated heterocycles. The van der Waals surface area contributed by atoms with Crippen molar-refractivity contribution in [3.63, 3.8) is 0 Å². The summed E-state index contributed by atoms with van der Waals surface area (Å²) in [6, 6.07) is 3.71. The van der Waals surface area contributed by atoms with Gasteiger partial charge in [-0.2, -0.15) is 10.2 Å². The summed E-state index contributed by atoms with van der Waals surface area (Å²) >= 11 is 0. The zero-order valence-corrected chi connectivity index (χ0v) is 13.4. The van der Waals surface area contributed by atoms with Crippen molar-refractivity contribution in [1.82, 2.24) is 15.0 Å². The molecule has 1 aliphatic rings. The molecule has 1 saturated carbocycles. The average Bonchev–Trinajstić information content (AvgIpc) is 3.38. The maximum Gasteiger partial charge on any atom is 0.229 e. The van der Waals surface area contributed by atoms with Crippen LogP contribution in [0.3, 0.4) is 0 Å². The molecule has 0 aliphatic heterocycles. The molecule has 0 atom stereocenters. The number of nitrogens with zero attached hydrogens (tertiary/aromatic N) is 4. The number of aromatic nitrogens is 3. The molecule has 2 N–H and O–H groups in total. The first-order valence-electron chi connectivity index (χ1n) is 7.83. The van der Waals surface area contributed by atoms with Crippen molar-refractivity contribution >= 4 is 28.3 Å². The van der Waals surface area contributed by atoms with Crippen molar-refractivity contribution in [3.8, 4) is 17.5 Å². The van der Waals surface area contributed by atoms with Gasteiger partial charge in [0.05, 0.1) is 5.56 Å². The number of hydrogen-bond donors (Lipinski definition) is 2. The topological polar surface area (TPSA) is 117 Å². The van der Waals surface area contributed by atoms with Gasteiger partial charge in [-0.1, -0.05) is 0 Å². The molecule has 124 valence electrons. The summed E-state index contributed by atoms with van der Waals surface area (Å²) in [5, 5.41) is 16.3. The first-order chi connectivity index (χ1) is 12.2. The second-order valence-corrected chi connectivity index (χ2v) is 5.80. The Kier molecular flexibility index (Phi) is 3.54. The van der Waals surface area contributed by atoms with Crippen LogP contribution in [0.1, 0.15) is 18.5 Å². The Labute approximate surface area is 142 Å². The van der Waals surface area contributed by atoms with Crippen LogP contribution in [0.15, 0.2) is 29.1 Å². The van der Waals surface area contributed by atoms with Crippen LogP contribution in [-0.4, -0.2) is 27.9 Å². The monoisotopic (exact) mass is 334 g/mol. The molecule has 8 heteroatoms. The lowest BCUT2D eigenvalue weighted by molar-refractivity contribution is -0.117. The van der Waals surface area contributed by atoms with Crippen molar-refractivity contribution in [2.45, 2.75) is 12.8 Å². The molecule has 1 amide bonds. The molecule has 0 aromatic carbocycles. The third kappa shape index (κ3) is 2.76. The molecule has 3 aromatic rings. The maximum atomic E-state index is 12.0. The van der Waals surface area contributed by atoms with Gasteiger partial charge in [0.2, 0.25) is 11.8 Å². The van der Waals surface area contributed by atoms with Gasteiger partial charge in [-0.25, -0.2) is 9.97 Å². The summed E-state index contributed by atoms with van der Waals surface area (Å²) in [5.74, 6) is 1.48. The first kappa shape index (κ1) is 15.1. The second-order valence-electron chi connectivity index (χ2n) is 5.80. The Bertz CT molecular complexity index is 1020. The Morgan fingerprint density at radius 3 is 2.84 bits per heavy atom. The van der Waals surface area contributed by atoms with E-state index in [0.29, 0.717) is 23.1 Å². The molecule has 3 aromatic heterocycles. The second kappa shape index (κ2) is 5.87. The van der Waals surface area contributed by atoms with Crippen LogP contribution >= 0.6 is 0 Å². The van der Waals surface area contributed by atoms with Crippen molar-refractivity contribution in [3.05, 3.63) is 30.4 Å². The molecule has 0 spiro atoms. The summed E-state index contributed by atoms with van der Waals surface area (Å²) < 4.78 is 5.39. The fourth-order valence-corrected chi connectivity index (χ4v) is 2.60. The van der Waals surface area contributed by atoms with Gasteiger partial charge in [-0.15, -0.1) is 0 Å². The third-order valence-corrected chi connectivity index (χ3v) is 4.06. The van der Waals surface area contributed by atoms with Crippen LogP contribution in [0.4, 0.5) is 11.6 Å². The van der Waals surface area contributed by atoms with Gasteiger partial charge in [0, 0.05) is 36.1 Å². The van der Waals surface area contributed by atoms with E-state index >= 15 is 0 Å². The average molecular weight is 334 g/mol. The lowest BCUT2D eigenvalue weighted by atomic mass is 10.1. The van der Waals surface area contributed by atoms with Gasteiger partial charge in [0.1, 0.15) is 24.0 Å². The molecule has 1 aliphatic carbocycles. The smallest absolute Gasteiger partial charge is 0.229 e. The summed E-state index contributed by atoms with van der Waals surface area (Å²) in [4.78, 5) is 24.8. The van der Waals surface area contributed by atoms with Crippen LogP contribution < -0.4 is 10.6 Å². The van der Waals surface area contributed by atoms with Gasteiger partial charge < -0.3 is 15.1 Å². The van der Waals surface area contributed by atoms with Crippen LogP contribution in [0.2, 0.25) is 0 Å². The predicted molar refractivity (Wildman–Crippen MR) is 90.7 cm³/mol. The molecule has 0 bridgehead atoms. The lowest BCUT2D eigenvalue weighted by Crippen LogP contribution is -2.14. The van der Waals surface area contributed by atoms with Crippen molar-refractivity contribution in [2.75, 3.05) is 17.7 Å². The Balaban J connectivity index is 1.83. The normalized spacial score (nSPS) is 13.4. The number of fused-ring (bicyclic) bond motifs is 1. The minimum Gasteiger partial charge on any atom is -0.443 e. The zero-order chi connectivity index (χ0) is 17.4. The highest BCUT2D eigenvalue weighted by atomic mass is 16.3. The van der Waals surface area contributed by atoms with Gasteiger partial charge in [-0.05, 0) is 18.9 Å². The number of oxazole rings is 1. The van der Waals surface area contributed by atoms with E-state index in [1.165, 1.54) is 6.26 Å². The molecule has 0 unspecified atom stereocenters. The Hall–Kier alpha value is -3.47. The highest BCUT2D eigenvalue weighted by Crippen LogP contribution is 2.33. The van der Waals surface area contributed by atoms with Crippen molar-refractivity contribution in [1.29, 1.82) is 5.26 Å². The SMILES string of the molecule is CNc1ncc(-c2nc(C#N)co2)c2cc(NC(=O)C3CC3)ncc12. The predicted octanol–water partition coefficient (Wildman–Crippen LogP) is 2.55. The Morgan fingerprint density at radius 2 is 2.16 bits per heavy atom. The number of nitriles is 1. The fourth-order valence-electron chi connectivity index (χ4n) is 2.60. The van der Waals surface area contributed by atoms with Crippen LogP contribution in [0, 0.1) is 17.2 Å². The third-order valence-electron chi connectivity index (χ3n) is 4.06. The van der Waals surface area contributed by atoms with Crippen molar-refractivity contribution < 1.29 is 9.21 Å². The molecular weight excluding hydrogens is 320 g/mol. The van der Waals surface area contributed by atoms with Crippen LogP contribution in [-0.2, 0) is 4.79 Å². The minimum absolute atomic E-state index is 0.0146. The number of rotatable bonds is 4. The number of pyridine rings is 2. The quantitative estimate of drug-likeness (QED) is 0.753. The van der Waals surface area contributed by atoms with E-state index < -0.39 is 0 Å². The molecular formula is C17H14N6O2. The van der Waals surface area contributed by atoms with E-state index in [9.17, 15) is 4.79 Å². The van der Waals surface area contributed by atoms with Gasteiger partial charge in [-0.3, -0.25) is 4.79 Å². The summed E-state index contributed by atoms with van der Waals surface area (Å²) in [6.45, 7) is 0. The van der Waals surface area contributed by atoms with E-state index in [2.05, 4.69) is 25.6 Å². The number of hydrogen-bond acceptors (Lipinski definition) is 7. The van der Waals surface area contributed by atoms with Gasteiger partial charge in [0.15, 0.2) is 5.69 Å². The van der Waals surface area contributed by atoms with E-state index in [4.69, 9.17) is 9.68 Å². The molecule has 3 heterocycles. The largest absolute Gasteiger partial charge is 0.443 e. The minimum atomic E-state index is -0.0146. The number of anilines is 2. The Morgan fingerprint density at radius 1 is 1.32 bits per heavy atom. The van der Waals surface area contributed by atoms with Gasteiger partial charge >= 0.3 is 0 Å². The van der Waals surface area contributed by atoms with Crippen molar-refractivity contribution in [2.24, 2.45) is 5.92 Å². The lowest BCUT2D eigenvalue weighted by Gasteiger charge is -2.10. The molecule has 1 fully saturated rings. The number of nitrogens with one attached hydrogen (secondary N) is 2. The van der Waals surface area contributed by atoms with Crippen LogP contribution in [0.5, 0.6) is 0 Å². The summed E-state index contributed by atoms with van der Waals surface area (Å²) in [6.07, 6.45) is 6.41. The summed E-state index contributed by atoms with van der Waals surface area (Å²) in [5.41, 5.74) is 0.817. The molecule has 0 radical (unpaired) electrons.